The van der Waals surface area contributed by atoms with Gasteiger partial charge < -0.3 is 23.8 Å². The summed E-state index contributed by atoms with van der Waals surface area (Å²) in [4.78, 5) is 36.6. The average molecular weight is 653 g/mol. The molecule has 0 spiro atoms. The number of carbonyl (C=O) groups is 3. The van der Waals surface area contributed by atoms with Crippen LogP contribution in [0.15, 0.2) is 24.3 Å². The van der Waals surface area contributed by atoms with Crippen molar-refractivity contribution in [1.29, 1.82) is 0 Å². The Hall–Kier alpha value is -2.19. The van der Waals surface area contributed by atoms with Crippen LogP contribution in [0.3, 0.4) is 0 Å². The maximum Gasteiger partial charge on any atom is 0.362 e. The molecule has 0 saturated carbocycles. The molecule has 8 nitrogen and oxygen atoms in total. The molecule has 0 rings (SSSR count). The van der Waals surface area contributed by atoms with E-state index in [4.69, 9.17) is 14.2 Å². The number of likely N-dealkylation sites (N-methyl/N-ethyl adjacent to an activating group) is 1. The number of esters is 2. The molecule has 0 aliphatic carbocycles. The van der Waals surface area contributed by atoms with Crippen LogP contribution in [0.4, 0.5) is 0 Å². The van der Waals surface area contributed by atoms with Crippen molar-refractivity contribution < 1.29 is 38.2 Å². The molecule has 46 heavy (non-hydrogen) atoms. The molecule has 8 heteroatoms. The number of hydrogen-bond donors (Lipinski definition) is 1. The number of carbonyl (C=O) groups excluding carboxylic acids is 2. The standard InChI is InChI=1S/C38H69NO7/c1-6-8-10-12-14-16-18-19-21-22-24-26-28-36(40)45-33-34(32-44-31-30-35(38(42)43)39(3,4)5)46-37(41)29-27-25-23-20-17-15-13-11-9-7-2/h13-16,34-35H,6-12,17-33H2,1-5H3/p+1/b15-13+,16-14+. The SMILES string of the molecule is CCCC/C=C/CCCCCCC(=O)OC(COCCC(C(=O)O)[N+](C)(C)C)COC(=O)CCCCCCC/C=C/CCCCC. The summed E-state index contributed by atoms with van der Waals surface area (Å²) >= 11 is 0. The molecule has 0 amide bonds. The van der Waals surface area contributed by atoms with Gasteiger partial charge in [0.05, 0.1) is 34.4 Å². The van der Waals surface area contributed by atoms with Crippen LogP contribution in [0, 0.1) is 0 Å². The molecule has 0 radical (unpaired) electrons. The van der Waals surface area contributed by atoms with Crippen LogP contribution in [0.5, 0.6) is 0 Å². The van der Waals surface area contributed by atoms with E-state index in [0.717, 1.165) is 70.6 Å². The summed E-state index contributed by atoms with van der Waals surface area (Å²) in [5.41, 5.74) is 0. The van der Waals surface area contributed by atoms with Crippen LogP contribution in [-0.2, 0) is 28.6 Å². The third-order valence-corrected chi connectivity index (χ3v) is 8.07. The summed E-state index contributed by atoms with van der Waals surface area (Å²) in [5.74, 6) is -1.50. The molecule has 0 aliphatic heterocycles. The molecule has 1 N–H and O–H groups in total. The van der Waals surface area contributed by atoms with Crippen LogP contribution in [0.2, 0.25) is 0 Å². The number of rotatable bonds is 32. The minimum atomic E-state index is -0.879. The Morgan fingerprint density at radius 3 is 1.63 bits per heavy atom. The summed E-state index contributed by atoms with van der Waals surface area (Å²) < 4.78 is 17.1. The average Bonchev–Trinajstić information content (AvgIpc) is 3.00. The fourth-order valence-electron chi connectivity index (χ4n) is 5.12. The Labute approximate surface area is 281 Å². The second-order valence-corrected chi connectivity index (χ2v) is 13.5. The molecule has 2 unspecified atom stereocenters. The van der Waals surface area contributed by atoms with Gasteiger partial charge in [-0.15, -0.1) is 0 Å². The first-order valence-electron chi connectivity index (χ1n) is 18.4. The molecule has 0 aromatic heterocycles. The summed E-state index contributed by atoms with van der Waals surface area (Å²) in [7, 11) is 5.50. The van der Waals surface area contributed by atoms with Gasteiger partial charge in [-0.3, -0.25) is 9.59 Å². The predicted octanol–water partition coefficient (Wildman–Crippen LogP) is 8.96. The Morgan fingerprint density at radius 2 is 1.11 bits per heavy atom. The van der Waals surface area contributed by atoms with Gasteiger partial charge in [0.25, 0.3) is 0 Å². The zero-order valence-electron chi connectivity index (χ0n) is 30.3. The van der Waals surface area contributed by atoms with Gasteiger partial charge in [0.15, 0.2) is 12.1 Å². The first-order valence-corrected chi connectivity index (χ1v) is 18.4. The lowest BCUT2D eigenvalue weighted by molar-refractivity contribution is -0.887. The van der Waals surface area contributed by atoms with Gasteiger partial charge in [0.1, 0.15) is 6.61 Å². The number of ether oxygens (including phenoxy) is 3. The second kappa shape index (κ2) is 30.2. The van der Waals surface area contributed by atoms with E-state index in [1.54, 1.807) is 0 Å². The maximum absolute atomic E-state index is 12.6. The lowest BCUT2D eigenvalue weighted by atomic mass is 10.1. The third kappa shape index (κ3) is 28.1. The van der Waals surface area contributed by atoms with Gasteiger partial charge >= 0.3 is 17.9 Å². The molecule has 268 valence electrons. The number of aliphatic carboxylic acids is 1. The van der Waals surface area contributed by atoms with Crippen molar-refractivity contribution in [3.8, 4) is 0 Å². The predicted molar refractivity (Wildman–Crippen MR) is 188 cm³/mol. The smallest absolute Gasteiger partial charge is 0.362 e. The molecular weight excluding hydrogens is 582 g/mol. The highest BCUT2D eigenvalue weighted by Crippen LogP contribution is 2.12. The summed E-state index contributed by atoms with van der Waals surface area (Å²) in [6, 6.07) is -0.613. The van der Waals surface area contributed by atoms with Crippen LogP contribution in [0.25, 0.3) is 0 Å². The zero-order chi connectivity index (χ0) is 34.3. The lowest BCUT2D eigenvalue weighted by Gasteiger charge is -2.31. The molecule has 0 aromatic carbocycles. The van der Waals surface area contributed by atoms with E-state index in [0.29, 0.717) is 19.3 Å². The number of hydrogen-bond acceptors (Lipinski definition) is 6. The number of nitrogens with zero attached hydrogens (tertiary/aromatic N) is 1. The van der Waals surface area contributed by atoms with Gasteiger partial charge in [-0.25, -0.2) is 4.79 Å². The molecule has 0 saturated heterocycles. The molecular formula is C38H70NO7+. The van der Waals surface area contributed by atoms with E-state index in [1.807, 2.05) is 21.1 Å². The van der Waals surface area contributed by atoms with Gasteiger partial charge in [-0.1, -0.05) is 95.9 Å². The first-order chi connectivity index (χ1) is 22.1. The normalized spacial score (nSPS) is 13.3. The number of carboxylic acid groups (broad SMARTS) is 1. The molecule has 0 bridgehead atoms. The highest BCUT2D eigenvalue weighted by Gasteiger charge is 2.31. The zero-order valence-corrected chi connectivity index (χ0v) is 30.3. The minimum Gasteiger partial charge on any atom is -0.477 e. The Morgan fingerprint density at radius 1 is 0.630 bits per heavy atom. The highest BCUT2D eigenvalue weighted by molar-refractivity contribution is 5.72. The monoisotopic (exact) mass is 653 g/mol. The van der Waals surface area contributed by atoms with E-state index in [-0.39, 0.29) is 36.2 Å². The summed E-state index contributed by atoms with van der Waals surface area (Å²) in [6.45, 7) is 4.62. The van der Waals surface area contributed by atoms with E-state index >= 15 is 0 Å². The first kappa shape index (κ1) is 43.8. The van der Waals surface area contributed by atoms with Crippen molar-refractivity contribution in [3.63, 3.8) is 0 Å². The third-order valence-electron chi connectivity index (χ3n) is 8.07. The molecule has 2 atom stereocenters. The van der Waals surface area contributed by atoms with Crippen molar-refractivity contribution in [1.82, 2.24) is 0 Å². The Kier molecular flexibility index (Phi) is 28.7. The van der Waals surface area contributed by atoms with E-state index in [2.05, 4.69) is 38.2 Å². The van der Waals surface area contributed by atoms with Crippen LogP contribution in [-0.4, -0.2) is 80.6 Å². The van der Waals surface area contributed by atoms with Crippen molar-refractivity contribution in [2.24, 2.45) is 0 Å². The molecule has 0 heterocycles. The number of carboxylic acids is 1. The van der Waals surface area contributed by atoms with Crippen molar-refractivity contribution in [3.05, 3.63) is 24.3 Å². The van der Waals surface area contributed by atoms with Crippen molar-refractivity contribution in [2.45, 2.75) is 161 Å². The second-order valence-electron chi connectivity index (χ2n) is 13.5. The fourth-order valence-corrected chi connectivity index (χ4v) is 5.12. The maximum atomic E-state index is 12.6. The number of allylic oxidation sites excluding steroid dienone is 4. The Balaban J connectivity index is 4.47. The van der Waals surface area contributed by atoms with E-state index in [1.165, 1.54) is 44.9 Å². The fraction of sp³-hybridized carbons (Fsp3) is 0.816. The van der Waals surface area contributed by atoms with Crippen LogP contribution >= 0.6 is 0 Å². The quantitative estimate of drug-likeness (QED) is 0.0335. The van der Waals surface area contributed by atoms with Gasteiger partial charge in [0.2, 0.25) is 0 Å². The molecule has 0 fully saturated rings. The van der Waals surface area contributed by atoms with Crippen LogP contribution < -0.4 is 0 Å². The van der Waals surface area contributed by atoms with Crippen molar-refractivity contribution >= 4 is 17.9 Å². The number of quaternary nitrogens is 1. The van der Waals surface area contributed by atoms with E-state index < -0.39 is 18.1 Å². The Bertz CT molecular complexity index is 818. The van der Waals surface area contributed by atoms with Gasteiger partial charge in [0, 0.05) is 19.3 Å². The summed E-state index contributed by atoms with van der Waals surface area (Å²) in [6.07, 6.45) is 29.3. The van der Waals surface area contributed by atoms with Crippen molar-refractivity contribution in [2.75, 3.05) is 41.0 Å². The van der Waals surface area contributed by atoms with Gasteiger partial charge in [-0.05, 0) is 57.8 Å². The van der Waals surface area contributed by atoms with Crippen LogP contribution in [0.1, 0.15) is 149 Å². The number of unbranched alkanes of at least 4 members (excludes halogenated alkanes) is 14. The highest BCUT2D eigenvalue weighted by atomic mass is 16.6. The van der Waals surface area contributed by atoms with Gasteiger partial charge in [-0.2, -0.15) is 0 Å². The largest absolute Gasteiger partial charge is 0.477 e. The van der Waals surface area contributed by atoms with E-state index in [9.17, 15) is 19.5 Å². The molecule has 0 aliphatic rings. The summed E-state index contributed by atoms with van der Waals surface area (Å²) in [5, 5.41) is 9.56. The molecule has 0 aromatic rings. The lowest BCUT2D eigenvalue weighted by Crippen LogP contribution is -2.50. The topological polar surface area (TPSA) is 99.1 Å². The minimum absolute atomic E-state index is 0.0555.